The highest BCUT2D eigenvalue weighted by molar-refractivity contribution is 6.51. The van der Waals surface area contributed by atoms with Gasteiger partial charge in [0, 0.05) is 17.3 Å². The van der Waals surface area contributed by atoms with Crippen molar-refractivity contribution in [2.45, 2.75) is 63.9 Å². The van der Waals surface area contributed by atoms with Gasteiger partial charge < -0.3 is 14.6 Å². The van der Waals surface area contributed by atoms with Crippen LogP contribution in [0.2, 0.25) is 15.9 Å². The van der Waals surface area contributed by atoms with E-state index in [2.05, 4.69) is 5.32 Å². The topological polar surface area (TPSA) is 102 Å². The van der Waals surface area contributed by atoms with Gasteiger partial charge in [0.15, 0.2) is 5.78 Å². The van der Waals surface area contributed by atoms with Gasteiger partial charge in [-0.05, 0) is 56.8 Å². The molecule has 11 heteroatoms. The van der Waals surface area contributed by atoms with Crippen LogP contribution in [0.15, 0.2) is 18.2 Å². The number of hydrogen-bond donors (Lipinski definition) is 1. The van der Waals surface area contributed by atoms with E-state index in [0.29, 0.717) is 24.3 Å². The van der Waals surface area contributed by atoms with Crippen LogP contribution in [0.25, 0.3) is 0 Å². The first kappa shape index (κ1) is 26.5. The third-order valence-electron chi connectivity index (χ3n) is 6.22. The fraction of sp³-hybridized carbons (Fsp3) is 0.565. The number of nitrogens with zero attached hydrogens (tertiary/aromatic N) is 1. The molecule has 1 N–H and O–H groups in total. The van der Waals surface area contributed by atoms with Crippen LogP contribution in [0.3, 0.4) is 0 Å². The number of carbonyl (C=O) groups excluding carboxylic acids is 4. The number of amides is 1. The first-order valence-electron chi connectivity index (χ1n) is 11.4. The second-order valence-electron chi connectivity index (χ2n) is 9.31. The van der Waals surface area contributed by atoms with E-state index < -0.39 is 42.9 Å². The zero-order valence-corrected chi connectivity index (χ0v) is 21.0. The Bertz CT molecular complexity index is 933. The van der Waals surface area contributed by atoms with E-state index in [-0.39, 0.29) is 35.3 Å². The summed E-state index contributed by atoms with van der Waals surface area (Å²) in [6.07, 6.45) is 2.42. The molecule has 1 amide bonds. The van der Waals surface area contributed by atoms with Crippen LogP contribution in [0.4, 0.5) is 0 Å². The number of ketones is 1. The lowest BCUT2D eigenvalue weighted by molar-refractivity contribution is -0.157. The monoisotopic (exact) mass is 510 g/mol. The summed E-state index contributed by atoms with van der Waals surface area (Å²) in [6.45, 7) is 3.68. The van der Waals surface area contributed by atoms with Gasteiger partial charge in [0.25, 0.3) is 5.91 Å². The van der Waals surface area contributed by atoms with E-state index in [0.717, 1.165) is 6.42 Å². The highest BCUT2D eigenvalue weighted by atomic mass is 35.5. The molecule has 1 aromatic rings. The molecule has 34 heavy (non-hydrogen) atoms. The lowest BCUT2D eigenvalue weighted by Crippen LogP contribution is -2.57. The molecule has 3 atom stereocenters. The SMILES string of the molecule is CC(C)C[C@H](CC(=O)CNC(=O)c1cc(Cl)ccc1Cl)B1OC(=O)[C@H]2CCC[C@@H](C(=O)O1)N2C. The van der Waals surface area contributed by atoms with Gasteiger partial charge in [0.05, 0.1) is 17.1 Å². The van der Waals surface area contributed by atoms with E-state index in [1.807, 2.05) is 13.8 Å². The summed E-state index contributed by atoms with van der Waals surface area (Å²) in [5, 5.41) is 3.12. The molecule has 1 aromatic carbocycles. The Morgan fingerprint density at radius 3 is 2.35 bits per heavy atom. The number of rotatable bonds is 8. The van der Waals surface area contributed by atoms with Crippen molar-refractivity contribution < 1.29 is 28.5 Å². The molecule has 0 aromatic heterocycles. The van der Waals surface area contributed by atoms with Crippen molar-refractivity contribution in [3.8, 4) is 0 Å². The molecule has 0 spiro atoms. The lowest BCUT2D eigenvalue weighted by Gasteiger charge is -2.40. The molecular weight excluding hydrogens is 482 g/mol. The van der Waals surface area contributed by atoms with Gasteiger partial charge in [-0.1, -0.05) is 37.0 Å². The van der Waals surface area contributed by atoms with Crippen LogP contribution >= 0.6 is 23.2 Å². The Hall–Kier alpha value is -2.10. The fourth-order valence-electron chi connectivity index (χ4n) is 4.51. The van der Waals surface area contributed by atoms with Crippen LogP contribution in [0.5, 0.6) is 0 Å². The van der Waals surface area contributed by atoms with Gasteiger partial charge in [0.1, 0.15) is 12.1 Å². The molecule has 2 heterocycles. The van der Waals surface area contributed by atoms with Crippen molar-refractivity contribution in [1.82, 2.24) is 10.2 Å². The number of benzene rings is 1. The summed E-state index contributed by atoms with van der Waals surface area (Å²) in [6, 6.07) is 3.47. The molecule has 8 nitrogen and oxygen atoms in total. The summed E-state index contributed by atoms with van der Waals surface area (Å²) < 4.78 is 11.2. The minimum Gasteiger partial charge on any atom is -0.498 e. The van der Waals surface area contributed by atoms with Crippen molar-refractivity contribution in [1.29, 1.82) is 0 Å². The number of fused-ring (bicyclic) bond motifs is 2. The summed E-state index contributed by atoms with van der Waals surface area (Å²) in [4.78, 5) is 52.5. The predicted octanol–water partition coefficient (Wildman–Crippen LogP) is 3.54. The first-order chi connectivity index (χ1) is 16.1. The highest BCUT2D eigenvalue weighted by Gasteiger charge is 2.47. The molecule has 0 unspecified atom stereocenters. The normalized spacial score (nSPS) is 21.9. The Morgan fingerprint density at radius 1 is 1.15 bits per heavy atom. The Kier molecular flexibility index (Phi) is 9.01. The zero-order valence-electron chi connectivity index (χ0n) is 19.5. The van der Waals surface area contributed by atoms with Gasteiger partial charge >= 0.3 is 19.1 Å². The number of hydrogen-bond acceptors (Lipinski definition) is 7. The average Bonchev–Trinajstić information content (AvgIpc) is 2.77. The summed E-state index contributed by atoms with van der Waals surface area (Å²) >= 11 is 12.0. The third kappa shape index (κ3) is 6.52. The summed E-state index contributed by atoms with van der Waals surface area (Å²) in [5.74, 6) is -2.09. The molecule has 2 aliphatic rings. The van der Waals surface area contributed by atoms with Gasteiger partial charge in [-0.25, -0.2) is 0 Å². The maximum Gasteiger partial charge on any atom is 0.602 e. The number of piperidine rings is 1. The predicted molar refractivity (Wildman–Crippen MR) is 129 cm³/mol. The molecule has 3 rings (SSSR count). The molecule has 0 aliphatic carbocycles. The zero-order chi connectivity index (χ0) is 25.0. The van der Waals surface area contributed by atoms with Gasteiger partial charge in [0.2, 0.25) is 0 Å². The maximum absolute atomic E-state index is 12.8. The summed E-state index contributed by atoms with van der Waals surface area (Å²) in [7, 11) is 0.572. The first-order valence-corrected chi connectivity index (χ1v) is 12.2. The van der Waals surface area contributed by atoms with E-state index in [4.69, 9.17) is 32.5 Å². The van der Waals surface area contributed by atoms with Crippen LogP contribution in [-0.2, 0) is 23.7 Å². The number of halogens is 2. The minimum absolute atomic E-state index is 0.0296. The lowest BCUT2D eigenvalue weighted by atomic mass is 9.65. The standard InChI is InChI=1S/C23H29BCl2N2O6/c1-13(2)9-14(10-16(29)12-27-21(30)17-11-15(25)7-8-18(17)26)24-33-22(31)19-5-4-6-20(28(19)3)23(32)34-24/h7-8,11,13-14,19-20H,4-6,9-10,12H2,1-3H3,(H,27,30)/t14-,19-,20+/m1/s1. The number of Topliss-reactive ketones (excluding diaryl/α,β-unsaturated/α-hetero) is 1. The molecule has 0 radical (unpaired) electrons. The Balaban J connectivity index is 1.68. The second kappa shape index (κ2) is 11.6. The highest BCUT2D eigenvalue weighted by Crippen LogP contribution is 2.32. The van der Waals surface area contributed by atoms with Gasteiger partial charge in [-0.2, -0.15) is 0 Å². The Morgan fingerprint density at radius 2 is 1.76 bits per heavy atom. The van der Waals surface area contributed by atoms with Crippen LogP contribution in [0.1, 0.15) is 56.3 Å². The van der Waals surface area contributed by atoms with Gasteiger partial charge in [-0.3, -0.25) is 24.1 Å². The van der Waals surface area contributed by atoms with Crippen molar-refractivity contribution in [2.75, 3.05) is 13.6 Å². The van der Waals surface area contributed by atoms with Crippen LogP contribution in [0, 0.1) is 5.92 Å². The molecular formula is C23H29BCl2N2O6. The van der Waals surface area contributed by atoms with Gasteiger partial charge in [-0.15, -0.1) is 0 Å². The smallest absolute Gasteiger partial charge is 0.498 e. The van der Waals surface area contributed by atoms with Crippen LogP contribution < -0.4 is 5.32 Å². The van der Waals surface area contributed by atoms with E-state index in [1.165, 1.54) is 12.1 Å². The van der Waals surface area contributed by atoms with E-state index in [9.17, 15) is 19.2 Å². The third-order valence-corrected chi connectivity index (χ3v) is 6.78. The molecule has 2 fully saturated rings. The summed E-state index contributed by atoms with van der Waals surface area (Å²) in [5.41, 5.74) is 0.166. The van der Waals surface area contributed by atoms with Crippen LogP contribution in [-0.4, -0.2) is 61.3 Å². The number of likely N-dealkylation sites (N-methyl/N-ethyl adjacent to an activating group) is 1. The van der Waals surface area contributed by atoms with Crippen molar-refractivity contribution in [2.24, 2.45) is 5.92 Å². The quantitative estimate of drug-likeness (QED) is 0.533. The Labute approximate surface area is 209 Å². The van der Waals surface area contributed by atoms with Crippen molar-refractivity contribution in [3.05, 3.63) is 33.8 Å². The molecule has 2 aliphatic heterocycles. The van der Waals surface area contributed by atoms with Crippen molar-refractivity contribution in [3.63, 3.8) is 0 Å². The maximum atomic E-state index is 12.8. The largest absolute Gasteiger partial charge is 0.602 e. The minimum atomic E-state index is -1.15. The second-order valence-corrected chi connectivity index (χ2v) is 10.2. The molecule has 0 saturated carbocycles. The fourth-order valence-corrected chi connectivity index (χ4v) is 4.88. The molecule has 2 bridgehead atoms. The average molecular weight is 511 g/mol. The number of carbonyl (C=O) groups is 4. The van der Waals surface area contributed by atoms with E-state index in [1.54, 1.807) is 18.0 Å². The molecule has 184 valence electrons. The molecule has 2 saturated heterocycles. The number of nitrogens with one attached hydrogen (secondary N) is 1. The van der Waals surface area contributed by atoms with Crippen molar-refractivity contribution >= 4 is 53.9 Å². The van der Waals surface area contributed by atoms with E-state index >= 15 is 0 Å².